The first-order valence-electron chi connectivity index (χ1n) is 11.1. The standard InChI is InChI=1S/C27H26N2O5/c1-3-33-23-11-7-5-9-21(23)28-27(31)26-25(20-8-4-6-10-22(20)34-26)29-24(30)17-14-18-12-15-19(32-2)16-13-18/h4-13,15-16H,3,14,17H2,1-2H3,(H,28,31)(H,29,30). The molecule has 4 aromatic rings. The number of anilines is 2. The molecule has 1 heterocycles. The SMILES string of the molecule is CCOc1ccccc1NC(=O)c1oc2ccccc2c1NC(=O)CCc1ccc(OC)cc1. The van der Waals surface area contributed by atoms with E-state index in [-0.39, 0.29) is 18.1 Å². The van der Waals surface area contributed by atoms with Crippen molar-refractivity contribution in [1.82, 2.24) is 0 Å². The number of amides is 2. The van der Waals surface area contributed by atoms with Crippen molar-refractivity contribution >= 4 is 34.2 Å². The average Bonchev–Trinajstić information content (AvgIpc) is 3.23. The van der Waals surface area contributed by atoms with Crippen LogP contribution in [0.5, 0.6) is 11.5 Å². The van der Waals surface area contributed by atoms with Gasteiger partial charge in [-0.25, -0.2) is 0 Å². The summed E-state index contributed by atoms with van der Waals surface area (Å²) >= 11 is 0. The van der Waals surface area contributed by atoms with Crippen molar-refractivity contribution in [3.63, 3.8) is 0 Å². The third-order valence-electron chi connectivity index (χ3n) is 5.30. The molecular formula is C27H26N2O5. The lowest BCUT2D eigenvalue weighted by Gasteiger charge is -2.11. The normalized spacial score (nSPS) is 10.6. The number of para-hydroxylation sites is 3. The van der Waals surface area contributed by atoms with Gasteiger partial charge in [0.05, 0.1) is 19.4 Å². The molecule has 174 valence electrons. The number of furan rings is 1. The lowest BCUT2D eigenvalue weighted by Crippen LogP contribution is -2.17. The summed E-state index contributed by atoms with van der Waals surface area (Å²) in [5.41, 5.74) is 2.39. The lowest BCUT2D eigenvalue weighted by atomic mass is 10.1. The second-order valence-corrected chi connectivity index (χ2v) is 7.58. The number of ether oxygens (including phenoxy) is 2. The van der Waals surface area contributed by atoms with Crippen LogP contribution in [-0.2, 0) is 11.2 Å². The third kappa shape index (κ3) is 5.20. The zero-order valence-electron chi connectivity index (χ0n) is 19.1. The molecule has 0 saturated carbocycles. The Hall–Kier alpha value is -4.26. The van der Waals surface area contributed by atoms with Gasteiger partial charge < -0.3 is 24.5 Å². The van der Waals surface area contributed by atoms with Crippen LogP contribution in [0.15, 0.2) is 77.2 Å². The zero-order valence-corrected chi connectivity index (χ0v) is 19.1. The maximum atomic E-state index is 13.2. The van der Waals surface area contributed by atoms with Gasteiger partial charge in [-0.15, -0.1) is 0 Å². The van der Waals surface area contributed by atoms with E-state index in [1.807, 2.05) is 55.5 Å². The summed E-state index contributed by atoms with van der Waals surface area (Å²) < 4.78 is 16.6. The van der Waals surface area contributed by atoms with Gasteiger partial charge in [-0.3, -0.25) is 9.59 Å². The van der Waals surface area contributed by atoms with E-state index in [1.165, 1.54) is 0 Å². The van der Waals surface area contributed by atoms with Crippen LogP contribution < -0.4 is 20.1 Å². The minimum atomic E-state index is -0.478. The quantitative estimate of drug-likeness (QED) is 0.338. The number of nitrogens with one attached hydrogen (secondary N) is 2. The Morgan fingerprint density at radius 2 is 1.65 bits per heavy atom. The first-order valence-corrected chi connectivity index (χ1v) is 11.1. The van der Waals surface area contributed by atoms with E-state index in [1.54, 1.807) is 31.4 Å². The largest absolute Gasteiger partial charge is 0.497 e. The number of rotatable bonds is 9. The summed E-state index contributed by atoms with van der Waals surface area (Å²) in [6.45, 7) is 2.34. The number of carbonyl (C=O) groups is 2. The molecule has 0 atom stereocenters. The molecule has 34 heavy (non-hydrogen) atoms. The van der Waals surface area contributed by atoms with Crippen molar-refractivity contribution in [3.8, 4) is 11.5 Å². The Labute approximate surface area is 197 Å². The second kappa shape index (κ2) is 10.6. The summed E-state index contributed by atoms with van der Waals surface area (Å²) in [7, 11) is 1.61. The fraction of sp³-hybridized carbons (Fsp3) is 0.185. The van der Waals surface area contributed by atoms with E-state index in [0.717, 1.165) is 11.3 Å². The Kier molecular flexibility index (Phi) is 7.13. The Bertz CT molecular complexity index is 1290. The van der Waals surface area contributed by atoms with Crippen molar-refractivity contribution in [1.29, 1.82) is 0 Å². The molecule has 0 saturated heterocycles. The van der Waals surface area contributed by atoms with Gasteiger partial charge in [0.25, 0.3) is 5.91 Å². The highest BCUT2D eigenvalue weighted by Gasteiger charge is 2.23. The van der Waals surface area contributed by atoms with Crippen molar-refractivity contribution in [2.24, 2.45) is 0 Å². The fourth-order valence-electron chi connectivity index (χ4n) is 3.61. The van der Waals surface area contributed by atoms with E-state index in [0.29, 0.717) is 41.1 Å². The molecule has 0 aliphatic heterocycles. The van der Waals surface area contributed by atoms with Gasteiger partial charge >= 0.3 is 0 Å². The highest BCUT2D eigenvalue weighted by molar-refractivity contribution is 6.14. The molecule has 3 aromatic carbocycles. The number of hydrogen-bond donors (Lipinski definition) is 2. The minimum absolute atomic E-state index is 0.0327. The van der Waals surface area contributed by atoms with Crippen molar-refractivity contribution in [2.45, 2.75) is 19.8 Å². The van der Waals surface area contributed by atoms with E-state index < -0.39 is 5.91 Å². The van der Waals surface area contributed by atoms with Crippen LogP contribution in [0.4, 0.5) is 11.4 Å². The molecule has 0 bridgehead atoms. The van der Waals surface area contributed by atoms with Crippen molar-refractivity contribution in [2.75, 3.05) is 24.4 Å². The molecule has 0 radical (unpaired) electrons. The van der Waals surface area contributed by atoms with Gasteiger partial charge in [0.1, 0.15) is 22.8 Å². The Balaban J connectivity index is 1.54. The first kappa shape index (κ1) is 22.9. The predicted molar refractivity (Wildman–Crippen MR) is 132 cm³/mol. The highest BCUT2D eigenvalue weighted by atomic mass is 16.5. The summed E-state index contributed by atoms with van der Waals surface area (Å²) in [5, 5.41) is 6.37. The molecule has 0 aliphatic carbocycles. The fourth-order valence-corrected chi connectivity index (χ4v) is 3.61. The zero-order chi connectivity index (χ0) is 23.9. The second-order valence-electron chi connectivity index (χ2n) is 7.58. The van der Waals surface area contributed by atoms with Gasteiger partial charge in [0.2, 0.25) is 11.7 Å². The highest BCUT2D eigenvalue weighted by Crippen LogP contribution is 2.33. The van der Waals surface area contributed by atoms with E-state index in [4.69, 9.17) is 13.9 Å². The van der Waals surface area contributed by atoms with E-state index in [9.17, 15) is 9.59 Å². The van der Waals surface area contributed by atoms with Gasteiger partial charge in [-0.2, -0.15) is 0 Å². The van der Waals surface area contributed by atoms with Crippen LogP contribution in [0.1, 0.15) is 29.5 Å². The molecule has 7 heteroatoms. The van der Waals surface area contributed by atoms with Gasteiger partial charge in [-0.05, 0) is 55.3 Å². The maximum Gasteiger partial charge on any atom is 0.293 e. The van der Waals surface area contributed by atoms with Crippen molar-refractivity contribution < 1.29 is 23.5 Å². The van der Waals surface area contributed by atoms with Crippen LogP contribution in [0.2, 0.25) is 0 Å². The third-order valence-corrected chi connectivity index (χ3v) is 5.30. The number of benzene rings is 3. The molecular weight excluding hydrogens is 432 g/mol. The number of methoxy groups -OCH3 is 1. The number of fused-ring (bicyclic) bond motifs is 1. The van der Waals surface area contributed by atoms with Crippen LogP contribution >= 0.6 is 0 Å². The van der Waals surface area contributed by atoms with Crippen LogP contribution in [0, 0.1) is 0 Å². The number of carbonyl (C=O) groups excluding carboxylic acids is 2. The minimum Gasteiger partial charge on any atom is -0.497 e. The number of aryl methyl sites for hydroxylation is 1. The molecule has 2 N–H and O–H groups in total. The average molecular weight is 459 g/mol. The lowest BCUT2D eigenvalue weighted by molar-refractivity contribution is -0.116. The van der Waals surface area contributed by atoms with Gasteiger partial charge in [-0.1, -0.05) is 36.4 Å². The van der Waals surface area contributed by atoms with Crippen LogP contribution in [0.3, 0.4) is 0 Å². The molecule has 0 unspecified atom stereocenters. The molecule has 2 amide bonds. The molecule has 0 fully saturated rings. The van der Waals surface area contributed by atoms with Crippen LogP contribution in [-0.4, -0.2) is 25.5 Å². The number of hydrogen-bond acceptors (Lipinski definition) is 5. The summed E-state index contributed by atoms with van der Waals surface area (Å²) in [5.74, 6) is 0.657. The Morgan fingerprint density at radius 1 is 0.912 bits per heavy atom. The first-order chi connectivity index (χ1) is 16.6. The molecule has 0 spiro atoms. The van der Waals surface area contributed by atoms with Gasteiger partial charge in [0.15, 0.2) is 0 Å². The van der Waals surface area contributed by atoms with Crippen LogP contribution in [0.25, 0.3) is 11.0 Å². The topological polar surface area (TPSA) is 89.8 Å². The van der Waals surface area contributed by atoms with E-state index >= 15 is 0 Å². The smallest absolute Gasteiger partial charge is 0.293 e. The summed E-state index contributed by atoms with van der Waals surface area (Å²) in [6.07, 6.45) is 0.801. The molecule has 7 nitrogen and oxygen atoms in total. The monoisotopic (exact) mass is 458 g/mol. The molecule has 0 aliphatic rings. The van der Waals surface area contributed by atoms with E-state index in [2.05, 4.69) is 10.6 Å². The predicted octanol–water partition coefficient (Wildman–Crippen LogP) is 5.66. The molecule has 1 aromatic heterocycles. The molecule has 4 rings (SSSR count). The summed E-state index contributed by atoms with van der Waals surface area (Å²) in [6, 6.07) is 21.9. The van der Waals surface area contributed by atoms with Gasteiger partial charge in [0, 0.05) is 11.8 Å². The summed E-state index contributed by atoms with van der Waals surface area (Å²) in [4.78, 5) is 26.0. The van der Waals surface area contributed by atoms with Crippen molar-refractivity contribution in [3.05, 3.63) is 84.1 Å². The Morgan fingerprint density at radius 3 is 2.41 bits per heavy atom. The maximum absolute atomic E-state index is 13.2.